The molecule has 1 aromatic carbocycles. The third-order valence-electron chi connectivity index (χ3n) is 2.43. The summed E-state index contributed by atoms with van der Waals surface area (Å²) in [6, 6.07) is 5.56. The first-order valence-electron chi connectivity index (χ1n) is 5.50. The van der Waals surface area contributed by atoms with Gasteiger partial charge >= 0.3 is 0 Å². The molecule has 1 amide bonds. The highest BCUT2D eigenvalue weighted by atomic mass is 79.9. The monoisotopic (exact) mass is 325 g/mol. The number of carbonyl (C=O) groups is 1. The van der Waals surface area contributed by atoms with Crippen LogP contribution in [0.3, 0.4) is 0 Å². The topological polar surface area (TPSA) is 96.0 Å². The third-order valence-corrected chi connectivity index (χ3v) is 3.90. The summed E-state index contributed by atoms with van der Waals surface area (Å²) < 4.78 is 0. The van der Waals surface area contributed by atoms with E-state index in [4.69, 9.17) is 5.26 Å². The minimum Gasteiger partial charge on any atom is -0.324 e. The Balaban J connectivity index is 3.00. The first-order valence-corrected chi connectivity index (χ1v) is 6.42. The molecule has 0 spiro atoms. The van der Waals surface area contributed by atoms with Gasteiger partial charge in [-0.15, -0.1) is 0 Å². The summed E-state index contributed by atoms with van der Waals surface area (Å²) in [5.74, 6) is -0.205. The highest BCUT2D eigenvalue weighted by Gasteiger charge is 2.20. The predicted molar refractivity (Wildman–Crippen MR) is 74.0 cm³/mol. The van der Waals surface area contributed by atoms with Crippen molar-refractivity contribution in [1.82, 2.24) is 0 Å². The molecule has 1 rings (SSSR count). The Morgan fingerprint density at radius 2 is 2.16 bits per heavy atom. The van der Waals surface area contributed by atoms with Gasteiger partial charge in [0.25, 0.3) is 5.69 Å². The van der Waals surface area contributed by atoms with E-state index in [9.17, 15) is 14.9 Å². The first-order chi connectivity index (χ1) is 8.86. The van der Waals surface area contributed by atoms with Crippen LogP contribution < -0.4 is 5.32 Å². The Bertz CT molecular complexity index is 552. The second-order valence-corrected chi connectivity index (χ2v) is 5.22. The van der Waals surface area contributed by atoms with E-state index in [1.54, 1.807) is 0 Å². The number of halogens is 1. The van der Waals surface area contributed by atoms with Crippen molar-refractivity contribution in [2.24, 2.45) is 5.92 Å². The van der Waals surface area contributed by atoms with Gasteiger partial charge in [-0.3, -0.25) is 14.9 Å². The Labute approximate surface area is 118 Å². The van der Waals surface area contributed by atoms with Gasteiger partial charge in [-0.1, -0.05) is 29.8 Å². The van der Waals surface area contributed by atoms with Crippen molar-refractivity contribution in [2.75, 3.05) is 5.32 Å². The molecule has 1 N–H and O–H groups in total. The number of non-ortho nitro benzene ring substituents is 1. The standard InChI is InChI=1S/C12H12BrN3O3/c1-7(2)11(13)12(17)15-10-4-3-9(16(18)19)5-8(10)6-14/h3-5,7,11H,1-2H3,(H,15,17). The molecule has 100 valence electrons. The minimum absolute atomic E-state index is 0.0611. The molecule has 1 unspecified atom stereocenters. The highest BCUT2D eigenvalue weighted by Crippen LogP contribution is 2.23. The zero-order chi connectivity index (χ0) is 14.6. The molecule has 0 aliphatic heterocycles. The average Bonchev–Trinajstić information content (AvgIpc) is 2.37. The molecule has 0 bridgehead atoms. The maximum absolute atomic E-state index is 11.8. The lowest BCUT2D eigenvalue weighted by Crippen LogP contribution is -2.27. The van der Waals surface area contributed by atoms with E-state index >= 15 is 0 Å². The molecule has 1 atom stereocenters. The van der Waals surface area contributed by atoms with Crippen LogP contribution >= 0.6 is 15.9 Å². The summed E-state index contributed by atoms with van der Waals surface area (Å²) in [5.41, 5.74) is 0.142. The predicted octanol–water partition coefficient (Wildman–Crippen LogP) is 2.82. The molecule has 0 saturated heterocycles. The fourth-order valence-corrected chi connectivity index (χ4v) is 1.47. The van der Waals surface area contributed by atoms with Crippen molar-refractivity contribution in [1.29, 1.82) is 5.26 Å². The molecule has 7 heteroatoms. The van der Waals surface area contributed by atoms with Crippen LogP contribution in [0, 0.1) is 27.4 Å². The zero-order valence-electron chi connectivity index (χ0n) is 10.4. The van der Waals surface area contributed by atoms with E-state index in [0.717, 1.165) is 6.07 Å². The Morgan fingerprint density at radius 3 is 2.63 bits per heavy atom. The van der Waals surface area contributed by atoms with Crippen LogP contribution in [0.25, 0.3) is 0 Å². The summed E-state index contributed by atoms with van der Waals surface area (Å²) in [6.07, 6.45) is 0. The van der Waals surface area contributed by atoms with Crippen LogP contribution in [-0.4, -0.2) is 15.7 Å². The van der Waals surface area contributed by atoms with E-state index in [1.165, 1.54) is 12.1 Å². The van der Waals surface area contributed by atoms with Crippen LogP contribution in [0.5, 0.6) is 0 Å². The largest absolute Gasteiger partial charge is 0.324 e. The number of nitro groups is 1. The fourth-order valence-electron chi connectivity index (χ4n) is 1.35. The number of benzene rings is 1. The molecule has 1 aromatic rings. The van der Waals surface area contributed by atoms with Gasteiger partial charge in [0.2, 0.25) is 5.91 Å². The molecule has 6 nitrogen and oxygen atoms in total. The van der Waals surface area contributed by atoms with Crippen LogP contribution in [0.1, 0.15) is 19.4 Å². The average molecular weight is 326 g/mol. The number of rotatable bonds is 4. The molecular weight excluding hydrogens is 314 g/mol. The van der Waals surface area contributed by atoms with E-state index < -0.39 is 9.75 Å². The van der Waals surface area contributed by atoms with Crippen molar-refractivity contribution < 1.29 is 9.72 Å². The number of anilines is 1. The molecular formula is C12H12BrN3O3. The number of nitrogens with one attached hydrogen (secondary N) is 1. The number of nitriles is 1. The van der Waals surface area contributed by atoms with E-state index in [2.05, 4.69) is 21.2 Å². The van der Waals surface area contributed by atoms with E-state index in [-0.39, 0.29) is 28.8 Å². The summed E-state index contributed by atoms with van der Waals surface area (Å²) in [4.78, 5) is 21.5. The van der Waals surface area contributed by atoms with Gasteiger partial charge in [-0.2, -0.15) is 5.26 Å². The van der Waals surface area contributed by atoms with Gasteiger partial charge in [0, 0.05) is 12.1 Å². The molecule has 0 saturated carbocycles. The summed E-state index contributed by atoms with van der Waals surface area (Å²) >= 11 is 3.25. The molecule has 0 aliphatic rings. The number of hydrogen-bond acceptors (Lipinski definition) is 4. The van der Waals surface area contributed by atoms with Gasteiger partial charge in [0.15, 0.2) is 0 Å². The molecule has 0 aromatic heterocycles. The number of alkyl halides is 1. The second-order valence-electron chi connectivity index (χ2n) is 4.23. The third kappa shape index (κ3) is 3.76. The Hall–Kier alpha value is -1.94. The Morgan fingerprint density at radius 1 is 1.53 bits per heavy atom. The van der Waals surface area contributed by atoms with E-state index in [1.807, 2.05) is 19.9 Å². The highest BCUT2D eigenvalue weighted by molar-refractivity contribution is 9.10. The normalized spacial score (nSPS) is 11.7. The van der Waals surface area contributed by atoms with Gasteiger partial charge in [-0.25, -0.2) is 0 Å². The molecule has 0 fully saturated rings. The minimum atomic E-state index is -0.589. The number of hydrogen-bond donors (Lipinski definition) is 1. The Kier molecular flexibility index (Phi) is 5.01. The van der Waals surface area contributed by atoms with Gasteiger partial charge in [-0.05, 0) is 12.0 Å². The van der Waals surface area contributed by atoms with Crippen LogP contribution in [-0.2, 0) is 4.79 Å². The quantitative estimate of drug-likeness (QED) is 0.523. The first kappa shape index (κ1) is 15.1. The number of carbonyl (C=O) groups excluding carboxylic acids is 1. The van der Waals surface area contributed by atoms with Crippen LogP contribution in [0.15, 0.2) is 18.2 Å². The lowest BCUT2D eigenvalue weighted by Gasteiger charge is -2.14. The molecule has 0 aliphatic carbocycles. The number of nitro benzene ring substituents is 1. The molecule has 19 heavy (non-hydrogen) atoms. The molecule has 0 heterocycles. The van der Waals surface area contributed by atoms with Crippen molar-refractivity contribution in [3.8, 4) is 6.07 Å². The second kappa shape index (κ2) is 6.29. The van der Waals surface area contributed by atoms with Crippen molar-refractivity contribution in [2.45, 2.75) is 18.7 Å². The SMILES string of the molecule is CC(C)C(Br)C(=O)Nc1ccc([N+](=O)[O-])cc1C#N. The number of nitrogens with zero attached hydrogens (tertiary/aromatic N) is 2. The fraction of sp³-hybridized carbons (Fsp3) is 0.333. The summed E-state index contributed by atoms with van der Waals surface area (Å²) in [6.45, 7) is 3.75. The summed E-state index contributed by atoms with van der Waals surface area (Å²) in [5, 5.41) is 22.1. The lowest BCUT2D eigenvalue weighted by atomic mass is 10.1. The van der Waals surface area contributed by atoms with Gasteiger partial charge in [0.05, 0.1) is 21.0 Å². The van der Waals surface area contributed by atoms with Crippen LogP contribution in [0.4, 0.5) is 11.4 Å². The van der Waals surface area contributed by atoms with Gasteiger partial charge in [0.1, 0.15) is 6.07 Å². The van der Waals surface area contributed by atoms with Crippen LogP contribution in [0.2, 0.25) is 0 Å². The maximum atomic E-state index is 11.8. The molecule has 0 radical (unpaired) electrons. The van der Waals surface area contributed by atoms with Crippen molar-refractivity contribution >= 4 is 33.2 Å². The lowest BCUT2D eigenvalue weighted by molar-refractivity contribution is -0.384. The number of amides is 1. The van der Waals surface area contributed by atoms with Crippen molar-refractivity contribution in [3.05, 3.63) is 33.9 Å². The van der Waals surface area contributed by atoms with Gasteiger partial charge < -0.3 is 5.32 Å². The maximum Gasteiger partial charge on any atom is 0.270 e. The smallest absolute Gasteiger partial charge is 0.270 e. The summed E-state index contributed by atoms with van der Waals surface area (Å²) in [7, 11) is 0. The van der Waals surface area contributed by atoms with Crippen molar-refractivity contribution in [3.63, 3.8) is 0 Å². The zero-order valence-corrected chi connectivity index (χ0v) is 12.0. The van der Waals surface area contributed by atoms with E-state index in [0.29, 0.717) is 0 Å².